The highest BCUT2D eigenvalue weighted by atomic mass is 32.2. The maximum absolute atomic E-state index is 13.8. The van der Waals surface area contributed by atoms with E-state index in [-0.39, 0.29) is 22.1 Å². The quantitative estimate of drug-likeness (QED) is 0.502. The molecule has 1 N–H and O–H groups in total. The van der Waals surface area contributed by atoms with Gasteiger partial charge in [0, 0.05) is 11.3 Å². The molecule has 4 aromatic rings. The maximum atomic E-state index is 13.8. The fourth-order valence-corrected chi connectivity index (χ4v) is 3.86. The number of halogens is 1. The number of oxazole rings is 1. The Morgan fingerprint density at radius 3 is 2.63 bits per heavy atom. The molecule has 0 aliphatic heterocycles. The second kappa shape index (κ2) is 7.72. The molecular formula is C22H17FN2O4S. The molecular weight excluding hydrogens is 407 g/mol. The van der Waals surface area contributed by atoms with Crippen LogP contribution in [0.5, 0.6) is 0 Å². The van der Waals surface area contributed by atoms with Crippen molar-refractivity contribution in [3.8, 4) is 11.5 Å². The zero-order valence-corrected chi connectivity index (χ0v) is 16.7. The van der Waals surface area contributed by atoms with Gasteiger partial charge in [-0.25, -0.2) is 17.8 Å². The predicted molar refractivity (Wildman–Crippen MR) is 112 cm³/mol. The number of carbonyl (C=O) groups is 1. The SMILES string of the molecule is CCS(=O)(=O)c1ccc2oc(-c3cccc(NC(=O)c4ccccc4F)c3)nc2c1. The van der Waals surface area contributed by atoms with Gasteiger partial charge in [-0.05, 0) is 48.5 Å². The summed E-state index contributed by atoms with van der Waals surface area (Å²) in [5.74, 6) is -0.911. The van der Waals surface area contributed by atoms with E-state index in [2.05, 4.69) is 10.3 Å². The molecule has 4 rings (SSSR count). The fourth-order valence-electron chi connectivity index (χ4n) is 2.96. The van der Waals surface area contributed by atoms with Crippen LogP contribution in [0.15, 0.2) is 76.0 Å². The number of amides is 1. The molecule has 0 fully saturated rings. The van der Waals surface area contributed by atoms with Gasteiger partial charge in [-0.3, -0.25) is 4.79 Å². The molecule has 0 radical (unpaired) electrons. The summed E-state index contributed by atoms with van der Waals surface area (Å²) >= 11 is 0. The minimum atomic E-state index is -3.35. The first-order valence-electron chi connectivity index (χ1n) is 9.17. The molecule has 8 heteroatoms. The lowest BCUT2D eigenvalue weighted by molar-refractivity contribution is 0.102. The molecule has 0 unspecified atom stereocenters. The van der Waals surface area contributed by atoms with E-state index in [1.54, 1.807) is 43.3 Å². The van der Waals surface area contributed by atoms with Gasteiger partial charge in [0.1, 0.15) is 11.3 Å². The van der Waals surface area contributed by atoms with Crippen molar-refractivity contribution >= 4 is 32.5 Å². The third kappa shape index (κ3) is 3.81. The highest BCUT2D eigenvalue weighted by Crippen LogP contribution is 2.28. The van der Waals surface area contributed by atoms with Gasteiger partial charge in [-0.15, -0.1) is 0 Å². The summed E-state index contributed by atoms with van der Waals surface area (Å²) < 4.78 is 43.7. The minimum Gasteiger partial charge on any atom is -0.436 e. The molecule has 1 aromatic heterocycles. The molecule has 0 spiro atoms. The molecule has 0 saturated heterocycles. The summed E-state index contributed by atoms with van der Waals surface area (Å²) in [5.41, 5.74) is 1.82. The van der Waals surface area contributed by atoms with Crippen molar-refractivity contribution in [2.24, 2.45) is 0 Å². The Morgan fingerprint density at radius 2 is 1.87 bits per heavy atom. The minimum absolute atomic E-state index is 0.00698. The van der Waals surface area contributed by atoms with Gasteiger partial charge in [0.25, 0.3) is 5.91 Å². The number of hydrogen-bond acceptors (Lipinski definition) is 5. The molecule has 0 saturated carbocycles. The summed E-state index contributed by atoms with van der Waals surface area (Å²) in [6, 6.07) is 17.0. The van der Waals surface area contributed by atoms with E-state index in [0.717, 1.165) is 0 Å². The van der Waals surface area contributed by atoms with Crippen molar-refractivity contribution < 1.29 is 22.0 Å². The van der Waals surface area contributed by atoms with Crippen LogP contribution in [0.3, 0.4) is 0 Å². The smallest absolute Gasteiger partial charge is 0.258 e. The molecule has 0 atom stereocenters. The highest BCUT2D eigenvalue weighted by molar-refractivity contribution is 7.91. The average molecular weight is 424 g/mol. The van der Waals surface area contributed by atoms with Crippen LogP contribution < -0.4 is 5.32 Å². The van der Waals surface area contributed by atoms with Gasteiger partial charge < -0.3 is 9.73 Å². The Kier molecular flexibility index (Phi) is 5.09. The summed E-state index contributed by atoms with van der Waals surface area (Å²) in [6.07, 6.45) is 0. The van der Waals surface area contributed by atoms with Crippen LogP contribution in [0.1, 0.15) is 17.3 Å². The number of nitrogens with zero attached hydrogens (tertiary/aromatic N) is 1. The molecule has 30 heavy (non-hydrogen) atoms. The number of benzene rings is 3. The van der Waals surface area contributed by atoms with Crippen LogP contribution in [0, 0.1) is 5.82 Å². The van der Waals surface area contributed by atoms with E-state index in [1.807, 2.05) is 0 Å². The number of hydrogen-bond donors (Lipinski definition) is 1. The third-order valence-electron chi connectivity index (χ3n) is 4.58. The summed E-state index contributed by atoms with van der Waals surface area (Å²) in [5, 5.41) is 2.65. The third-order valence-corrected chi connectivity index (χ3v) is 6.32. The van der Waals surface area contributed by atoms with E-state index < -0.39 is 21.6 Å². The van der Waals surface area contributed by atoms with E-state index in [9.17, 15) is 17.6 Å². The number of fused-ring (bicyclic) bond motifs is 1. The Morgan fingerprint density at radius 1 is 1.07 bits per heavy atom. The lowest BCUT2D eigenvalue weighted by Gasteiger charge is -2.07. The van der Waals surface area contributed by atoms with Crippen molar-refractivity contribution in [1.82, 2.24) is 4.98 Å². The standard InChI is InChI=1S/C22H17FN2O4S/c1-2-30(27,28)16-10-11-20-19(13-16)25-22(29-20)14-6-5-7-15(12-14)24-21(26)17-8-3-4-9-18(17)23/h3-13H,2H2,1H3,(H,24,26). The van der Waals surface area contributed by atoms with Crippen LogP contribution in [0.4, 0.5) is 10.1 Å². The maximum Gasteiger partial charge on any atom is 0.258 e. The number of rotatable bonds is 5. The second-order valence-corrected chi connectivity index (χ2v) is 8.84. The van der Waals surface area contributed by atoms with Crippen molar-refractivity contribution in [2.75, 3.05) is 11.1 Å². The largest absolute Gasteiger partial charge is 0.436 e. The topological polar surface area (TPSA) is 89.3 Å². The number of sulfone groups is 1. The first-order valence-corrected chi connectivity index (χ1v) is 10.8. The van der Waals surface area contributed by atoms with Gasteiger partial charge in [-0.1, -0.05) is 25.1 Å². The normalized spacial score (nSPS) is 11.5. The van der Waals surface area contributed by atoms with Crippen molar-refractivity contribution in [1.29, 1.82) is 0 Å². The van der Waals surface area contributed by atoms with E-state index in [0.29, 0.717) is 22.4 Å². The molecule has 1 amide bonds. The van der Waals surface area contributed by atoms with Crippen LogP contribution in [-0.4, -0.2) is 25.1 Å². The summed E-state index contributed by atoms with van der Waals surface area (Å²) in [4.78, 5) is 16.9. The molecule has 0 aliphatic rings. The van der Waals surface area contributed by atoms with Crippen LogP contribution in [0.2, 0.25) is 0 Å². The second-order valence-electron chi connectivity index (χ2n) is 6.57. The Balaban J connectivity index is 1.64. The molecule has 0 bridgehead atoms. The van der Waals surface area contributed by atoms with Crippen LogP contribution in [0.25, 0.3) is 22.6 Å². The van der Waals surface area contributed by atoms with Crippen molar-refractivity contribution in [2.45, 2.75) is 11.8 Å². The molecule has 0 aliphatic carbocycles. The van der Waals surface area contributed by atoms with Gasteiger partial charge in [-0.2, -0.15) is 0 Å². The predicted octanol–water partition coefficient (Wildman–Crippen LogP) is 4.68. The molecule has 3 aromatic carbocycles. The Hall–Kier alpha value is -3.52. The lowest BCUT2D eigenvalue weighted by atomic mass is 10.1. The van der Waals surface area contributed by atoms with E-state index in [4.69, 9.17) is 4.42 Å². The fraction of sp³-hybridized carbons (Fsp3) is 0.0909. The van der Waals surface area contributed by atoms with Gasteiger partial charge in [0.05, 0.1) is 16.2 Å². The summed E-state index contributed by atoms with van der Waals surface area (Å²) in [7, 11) is -3.35. The van der Waals surface area contributed by atoms with Crippen LogP contribution in [-0.2, 0) is 9.84 Å². The Bertz CT molecular complexity index is 1360. The first kappa shape index (κ1) is 19.8. The van der Waals surface area contributed by atoms with E-state index >= 15 is 0 Å². The highest BCUT2D eigenvalue weighted by Gasteiger charge is 2.16. The van der Waals surface area contributed by atoms with Gasteiger partial charge in [0.15, 0.2) is 15.4 Å². The zero-order valence-electron chi connectivity index (χ0n) is 15.9. The van der Waals surface area contributed by atoms with Crippen LogP contribution >= 0.6 is 0 Å². The zero-order chi connectivity index (χ0) is 21.3. The monoisotopic (exact) mass is 424 g/mol. The lowest BCUT2D eigenvalue weighted by Crippen LogP contribution is -2.13. The Labute approximate surface area is 172 Å². The van der Waals surface area contributed by atoms with Gasteiger partial charge >= 0.3 is 0 Å². The first-order chi connectivity index (χ1) is 14.4. The average Bonchev–Trinajstić information content (AvgIpc) is 3.18. The molecule has 1 heterocycles. The van der Waals surface area contributed by atoms with Gasteiger partial charge in [0.2, 0.25) is 5.89 Å². The van der Waals surface area contributed by atoms with E-state index in [1.165, 1.54) is 30.3 Å². The van der Waals surface area contributed by atoms with Crippen molar-refractivity contribution in [3.05, 3.63) is 78.1 Å². The number of carbonyl (C=O) groups excluding carboxylic acids is 1. The molecule has 6 nitrogen and oxygen atoms in total. The number of aromatic nitrogens is 1. The molecule has 152 valence electrons. The number of anilines is 1. The number of nitrogens with one attached hydrogen (secondary N) is 1. The summed E-state index contributed by atoms with van der Waals surface area (Å²) in [6.45, 7) is 1.58. The van der Waals surface area contributed by atoms with Crippen molar-refractivity contribution in [3.63, 3.8) is 0 Å².